The van der Waals surface area contributed by atoms with Crippen molar-refractivity contribution in [3.8, 4) is 43.7 Å². The van der Waals surface area contributed by atoms with E-state index in [4.69, 9.17) is 23.2 Å². The third-order valence-corrected chi connectivity index (χ3v) is 8.13. The van der Waals surface area contributed by atoms with Crippen LogP contribution >= 0.6 is 45.9 Å². The maximum absolute atomic E-state index is 11.8. The van der Waals surface area contributed by atoms with Crippen LogP contribution in [0.25, 0.3) is 43.7 Å². The van der Waals surface area contributed by atoms with E-state index < -0.39 is 0 Å². The van der Waals surface area contributed by atoms with Crippen LogP contribution in [0.4, 0.5) is 0 Å². The largest absolute Gasteiger partial charge is 0.273 e. The summed E-state index contributed by atoms with van der Waals surface area (Å²) < 4.78 is 2.87. The van der Waals surface area contributed by atoms with Crippen LogP contribution < -0.4 is 0 Å². The first-order valence-electron chi connectivity index (χ1n) is 12.1. The molecule has 41 heavy (non-hydrogen) atoms. The minimum atomic E-state index is -0.113. The molecule has 0 unspecified atom stereocenters. The van der Waals surface area contributed by atoms with E-state index in [9.17, 15) is 9.59 Å². The Morgan fingerprint density at radius 3 is 1.61 bits per heavy atom. The highest BCUT2D eigenvalue weighted by Crippen LogP contribution is 2.31. The summed E-state index contributed by atoms with van der Waals surface area (Å²) in [7, 11) is 0. The first kappa shape index (κ1) is 30.1. The molecule has 0 aliphatic carbocycles. The monoisotopic (exact) mass is 620 g/mol. The summed E-state index contributed by atoms with van der Waals surface area (Å²) in [6.45, 7) is 3.01. The third kappa shape index (κ3) is 6.92. The summed E-state index contributed by atoms with van der Waals surface area (Å²) in [5.74, 6) is -0.216. The number of benzene rings is 2. The molecule has 4 aromatic heterocycles. The van der Waals surface area contributed by atoms with Crippen molar-refractivity contribution in [2.45, 2.75) is 21.3 Å². The highest BCUT2D eigenvalue weighted by molar-refractivity contribution is 7.13. The van der Waals surface area contributed by atoms with Gasteiger partial charge in [0.2, 0.25) is 11.8 Å². The molecule has 0 saturated carbocycles. The van der Waals surface area contributed by atoms with Crippen molar-refractivity contribution in [3.63, 3.8) is 0 Å². The zero-order chi connectivity index (χ0) is 28.2. The topological polar surface area (TPSA) is 69.8 Å². The van der Waals surface area contributed by atoms with Gasteiger partial charge in [-0.15, -0.1) is 22.7 Å². The van der Waals surface area contributed by atoms with Gasteiger partial charge in [0.05, 0.1) is 26.8 Å². The molecule has 10 heteroatoms. The molecule has 0 fully saturated rings. The fraction of sp³-hybridized carbons (Fsp3) is 0.0968. The van der Waals surface area contributed by atoms with Crippen molar-refractivity contribution in [1.29, 1.82) is 0 Å². The Morgan fingerprint density at radius 2 is 1.10 bits per heavy atom. The van der Waals surface area contributed by atoms with E-state index in [1.807, 2.05) is 83.6 Å². The van der Waals surface area contributed by atoms with E-state index in [0.717, 1.165) is 43.7 Å². The number of carbonyl (C=O) groups excluding carboxylic acids is 2. The molecule has 0 spiro atoms. The normalized spacial score (nSPS) is 10.4. The average Bonchev–Trinajstić information content (AvgIpc) is 3.75. The van der Waals surface area contributed by atoms with Gasteiger partial charge in [0, 0.05) is 35.0 Å². The summed E-state index contributed by atoms with van der Waals surface area (Å²) in [5, 5.41) is 14.1. The first-order valence-corrected chi connectivity index (χ1v) is 14.6. The van der Waals surface area contributed by atoms with Crippen molar-refractivity contribution in [3.05, 3.63) is 106 Å². The number of thiophene rings is 2. The molecule has 4 heterocycles. The summed E-state index contributed by atoms with van der Waals surface area (Å²) >= 11 is 15.0. The minimum Gasteiger partial charge on any atom is -0.273 e. The maximum Gasteiger partial charge on any atom is 0.244 e. The Labute approximate surface area is 256 Å². The van der Waals surface area contributed by atoms with Crippen LogP contribution in [0.1, 0.15) is 30.9 Å². The van der Waals surface area contributed by atoms with E-state index in [1.165, 1.54) is 23.2 Å². The Hall–Kier alpha value is -3.82. The van der Waals surface area contributed by atoms with E-state index in [2.05, 4.69) is 10.2 Å². The van der Waals surface area contributed by atoms with Crippen LogP contribution in [0, 0.1) is 0 Å². The zero-order valence-electron chi connectivity index (χ0n) is 21.4. The van der Waals surface area contributed by atoms with Crippen molar-refractivity contribution in [1.82, 2.24) is 19.6 Å². The number of nitrogens with zero attached hydrogens (tertiary/aromatic N) is 4. The lowest BCUT2D eigenvalue weighted by molar-refractivity contribution is 0.0915. The van der Waals surface area contributed by atoms with Gasteiger partial charge in [-0.25, -0.2) is 0 Å². The molecule has 0 saturated heterocycles. The maximum atomic E-state index is 11.8. The molecular weight excluding hydrogens is 595 g/mol. The van der Waals surface area contributed by atoms with Crippen LogP contribution in [-0.4, -0.2) is 31.4 Å². The van der Waals surface area contributed by atoms with E-state index in [-0.39, 0.29) is 19.2 Å². The second-order valence-corrected chi connectivity index (χ2v) is 11.4. The molecule has 0 bridgehead atoms. The molecule has 0 amide bonds. The Morgan fingerprint density at radius 1 is 0.634 bits per heavy atom. The van der Waals surface area contributed by atoms with Crippen molar-refractivity contribution < 1.29 is 9.59 Å². The Balaban J connectivity index is 0.000000184. The molecule has 208 valence electrons. The summed E-state index contributed by atoms with van der Waals surface area (Å²) in [4.78, 5) is 25.6. The lowest BCUT2D eigenvalue weighted by Gasteiger charge is -2.03. The van der Waals surface area contributed by atoms with Crippen LogP contribution in [0.5, 0.6) is 0 Å². The van der Waals surface area contributed by atoms with Gasteiger partial charge >= 0.3 is 0 Å². The highest BCUT2D eigenvalue weighted by atomic mass is 35.5. The predicted octanol–water partition coefficient (Wildman–Crippen LogP) is 9.82. The third-order valence-electron chi connectivity index (χ3n) is 5.84. The van der Waals surface area contributed by atoms with Gasteiger partial charge in [-0.2, -0.15) is 19.6 Å². The quantitative estimate of drug-likeness (QED) is 0.197. The zero-order valence-corrected chi connectivity index (χ0v) is 24.6. The highest BCUT2D eigenvalue weighted by Gasteiger charge is 2.16. The van der Waals surface area contributed by atoms with Gasteiger partial charge in [-0.05, 0) is 59.3 Å². The SMILES string of the molecule is C.CC(=O)n1nc(-c2ccc(Cl)cc2)cc1-c1cccs1.CC(=O)n1nc(-c2cccs2)cc1-c1ccc(Cl)cc1. The van der Waals surface area contributed by atoms with E-state index in [0.29, 0.717) is 10.0 Å². The molecule has 0 aliphatic rings. The minimum absolute atomic E-state index is 0. The Bertz CT molecular complexity index is 1750. The second-order valence-electron chi connectivity index (χ2n) is 8.66. The molecule has 0 N–H and O–H groups in total. The molecular formula is C31H26Cl2N4O2S2. The molecule has 6 aromatic rings. The predicted molar refractivity (Wildman–Crippen MR) is 171 cm³/mol. The standard InChI is InChI=1S/2C15H11ClN2OS.CH4/c1-10(19)18-14(11-4-6-12(16)7-5-11)9-13(17-18)15-3-2-8-20-15;1-10(19)18-14(15-3-2-8-20-15)9-13(17-18)11-4-6-12(16)7-5-11;/h2*2-9H,1H3;1H4. The lowest BCUT2D eigenvalue weighted by Crippen LogP contribution is -2.09. The van der Waals surface area contributed by atoms with Gasteiger partial charge in [-0.1, -0.05) is 67.0 Å². The van der Waals surface area contributed by atoms with Crippen LogP contribution in [0.3, 0.4) is 0 Å². The number of rotatable bonds is 4. The number of hydrogen-bond acceptors (Lipinski definition) is 6. The van der Waals surface area contributed by atoms with Gasteiger partial charge in [0.25, 0.3) is 0 Å². The molecule has 2 aromatic carbocycles. The summed E-state index contributed by atoms with van der Waals surface area (Å²) in [5.41, 5.74) is 5.02. The van der Waals surface area contributed by atoms with Crippen molar-refractivity contribution in [2.24, 2.45) is 0 Å². The fourth-order valence-electron chi connectivity index (χ4n) is 3.97. The first-order chi connectivity index (χ1) is 19.3. The average molecular weight is 622 g/mol. The molecule has 0 radical (unpaired) electrons. The number of hydrogen-bond donors (Lipinski definition) is 0. The van der Waals surface area contributed by atoms with Gasteiger partial charge in [-0.3, -0.25) is 9.59 Å². The molecule has 6 rings (SSSR count). The van der Waals surface area contributed by atoms with Crippen molar-refractivity contribution >= 4 is 57.7 Å². The summed E-state index contributed by atoms with van der Waals surface area (Å²) in [6, 6.07) is 26.5. The van der Waals surface area contributed by atoms with Crippen molar-refractivity contribution in [2.75, 3.05) is 0 Å². The summed E-state index contributed by atoms with van der Waals surface area (Å²) in [6.07, 6.45) is 0. The molecule has 0 atom stereocenters. The van der Waals surface area contributed by atoms with Gasteiger partial charge in [0.15, 0.2) is 0 Å². The molecule has 6 nitrogen and oxygen atoms in total. The number of aromatic nitrogens is 4. The second kappa shape index (κ2) is 13.2. The van der Waals surface area contributed by atoms with E-state index >= 15 is 0 Å². The number of carbonyl (C=O) groups is 2. The van der Waals surface area contributed by atoms with Crippen LogP contribution in [-0.2, 0) is 0 Å². The molecule has 0 aliphatic heterocycles. The Kier molecular flexibility index (Phi) is 9.73. The van der Waals surface area contributed by atoms with Gasteiger partial charge in [0.1, 0.15) is 5.69 Å². The van der Waals surface area contributed by atoms with Crippen LogP contribution in [0.15, 0.2) is 95.7 Å². The fourth-order valence-corrected chi connectivity index (χ4v) is 5.64. The van der Waals surface area contributed by atoms with E-state index in [1.54, 1.807) is 34.8 Å². The van der Waals surface area contributed by atoms with Gasteiger partial charge < -0.3 is 0 Å². The lowest BCUT2D eigenvalue weighted by atomic mass is 10.1. The van der Waals surface area contributed by atoms with Crippen LogP contribution in [0.2, 0.25) is 10.0 Å². The smallest absolute Gasteiger partial charge is 0.244 e. The number of halogens is 2.